The second-order valence-corrected chi connectivity index (χ2v) is 5.15. The quantitative estimate of drug-likeness (QED) is 0.766. The molecule has 114 valence electrons. The molecule has 0 saturated heterocycles. The highest BCUT2D eigenvalue weighted by atomic mass is 16.5. The van der Waals surface area contributed by atoms with Crippen LogP contribution in [-0.2, 0) is 11.3 Å². The van der Waals surface area contributed by atoms with Crippen molar-refractivity contribution < 1.29 is 19.3 Å². The molecular weight excluding hydrogens is 258 g/mol. The Kier molecular flexibility index (Phi) is 6.10. The molecule has 2 N–H and O–H groups in total. The summed E-state index contributed by atoms with van der Waals surface area (Å²) < 4.78 is 15.9. The van der Waals surface area contributed by atoms with E-state index in [0.29, 0.717) is 24.7 Å². The predicted molar refractivity (Wildman–Crippen MR) is 78.6 cm³/mol. The molecule has 0 atom stereocenters. The molecule has 0 radical (unpaired) electrons. The summed E-state index contributed by atoms with van der Waals surface area (Å²) in [7, 11) is 3.04. The summed E-state index contributed by atoms with van der Waals surface area (Å²) in [5.74, 6) is 0.837. The zero-order valence-electron chi connectivity index (χ0n) is 12.9. The number of methoxy groups -OCH3 is 2. The van der Waals surface area contributed by atoms with Crippen LogP contribution in [0.15, 0.2) is 12.1 Å². The molecule has 0 fully saturated rings. The van der Waals surface area contributed by atoms with Crippen molar-refractivity contribution in [3.8, 4) is 17.2 Å². The summed E-state index contributed by atoms with van der Waals surface area (Å²) in [6.45, 7) is 8.13. The lowest BCUT2D eigenvalue weighted by atomic mass is 10.1. The molecule has 0 aliphatic heterocycles. The Hall–Kier alpha value is -1.46. The van der Waals surface area contributed by atoms with E-state index in [1.807, 2.05) is 20.8 Å². The summed E-state index contributed by atoms with van der Waals surface area (Å²) in [6.07, 6.45) is 0. The Morgan fingerprint density at radius 3 is 2.15 bits per heavy atom. The number of rotatable bonds is 8. The highest BCUT2D eigenvalue weighted by Gasteiger charge is 2.17. The van der Waals surface area contributed by atoms with Crippen molar-refractivity contribution in [3.05, 3.63) is 17.7 Å². The van der Waals surface area contributed by atoms with E-state index in [2.05, 4.69) is 5.32 Å². The van der Waals surface area contributed by atoms with Crippen LogP contribution in [0, 0.1) is 0 Å². The van der Waals surface area contributed by atoms with Gasteiger partial charge in [-0.1, -0.05) is 0 Å². The van der Waals surface area contributed by atoms with Gasteiger partial charge >= 0.3 is 0 Å². The maximum atomic E-state index is 9.85. The minimum Gasteiger partial charge on any atom is -0.502 e. The van der Waals surface area contributed by atoms with Crippen LogP contribution in [0.5, 0.6) is 17.2 Å². The molecule has 1 aromatic rings. The van der Waals surface area contributed by atoms with Gasteiger partial charge < -0.3 is 24.6 Å². The number of hydrogen-bond acceptors (Lipinski definition) is 5. The first kappa shape index (κ1) is 16.6. The fraction of sp³-hybridized carbons (Fsp3) is 0.600. The molecule has 0 aliphatic carbocycles. The number of phenolic OH excluding ortho intramolecular Hbond substituents is 1. The third-order valence-corrected chi connectivity index (χ3v) is 2.95. The molecule has 0 unspecified atom stereocenters. The Morgan fingerprint density at radius 2 is 1.70 bits per heavy atom. The third kappa shape index (κ3) is 4.58. The maximum absolute atomic E-state index is 9.85. The van der Waals surface area contributed by atoms with Crippen LogP contribution < -0.4 is 14.8 Å². The van der Waals surface area contributed by atoms with Crippen LogP contribution in [0.2, 0.25) is 0 Å². The van der Waals surface area contributed by atoms with Crippen LogP contribution in [0.4, 0.5) is 0 Å². The summed E-state index contributed by atoms with van der Waals surface area (Å²) in [6, 6.07) is 3.58. The van der Waals surface area contributed by atoms with Gasteiger partial charge in [-0.3, -0.25) is 0 Å². The largest absolute Gasteiger partial charge is 0.502 e. The zero-order chi connectivity index (χ0) is 15.2. The van der Waals surface area contributed by atoms with E-state index < -0.39 is 0 Å². The number of ether oxygens (including phenoxy) is 3. The highest BCUT2D eigenvalue weighted by molar-refractivity contribution is 5.52. The van der Waals surface area contributed by atoms with Gasteiger partial charge in [0, 0.05) is 19.7 Å². The molecule has 1 rings (SSSR count). The van der Waals surface area contributed by atoms with E-state index in [0.717, 1.165) is 12.1 Å². The summed E-state index contributed by atoms with van der Waals surface area (Å²) in [5, 5.41) is 13.2. The zero-order valence-corrected chi connectivity index (χ0v) is 12.9. The fourth-order valence-corrected chi connectivity index (χ4v) is 2.00. The first-order valence-electron chi connectivity index (χ1n) is 6.72. The highest BCUT2D eigenvalue weighted by Crippen LogP contribution is 2.36. The number of nitrogens with one attached hydrogen (secondary N) is 1. The normalized spacial score (nSPS) is 11.4. The van der Waals surface area contributed by atoms with Gasteiger partial charge in [-0.15, -0.1) is 0 Å². The number of phenols is 1. The molecule has 0 saturated carbocycles. The number of aromatic hydroxyl groups is 1. The van der Waals surface area contributed by atoms with Crippen molar-refractivity contribution in [2.45, 2.75) is 32.9 Å². The van der Waals surface area contributed by atoms with Crippen molar-refractivity contribution >= 4 is 0 Å². The second kappa shape index (κ2) is 7.36. The van der Waals surface area contributed by atoms with E-state index in [1.54, 1.807) is 12.1 Å². The molecule has 0 heterocycles. The lowest BCUT2D eigenvalue weighted by molar-refractivity contribution is -0.00897. The molecule has 0 aromatic heterocycles. The van der Waals surface area contributed by atoms with E-state index in [1.165, 1.54) is 14.2 Å². The van der Waals surface area contributed by atoms with Gasteiger partial charge in [-0.25, -0.2) is 0 Å². The Labute approximate surface area is 120 Å². The monoisotopic (exact) mass is 283 g/mol. The van der Waals surface area contributed by atoms with Crippen molar-refractivity contribution in [1.82, 2.24) is 5.32 Å². The lowest BCUT2D eigenvalue weighted by Crippen LogP contribution is -2.37. The number of benzene rings is 1. The minimum absolute atomic E-state index is 0.0217. The van der Waals surface area contributed by atoms with E-state index in [9.17, 15) is 5.11 Å². The molecule has 1 aromatic carbocycles. The van der Waals surface area contributed by atoms with Crippen molar-refractivity contribution in [1.29, 1.82) is 0 Å². The fourth-order valence-electron chi connectivity index (χ4n) is 2.00. The van der Waals surface area contributed by atoms with Gasteiger partial charge in [0.25, 0.3) is 0 Å². The Balaban J connectivity index is 2.69. The molecule has 5 nitrogen and oxygen atoms in total. The predicted octanol–water partition coefficient (Wildman–Crippen LogP) is 2.31. The van der Waals surface area contributed by atoms with E-state index in [4.69, 9.17) is 14.2 Å². The lowest BCUT2D eigenvalue weighted by Gasteiger charge is -2.25. The van der Waals surface area contributed by atoms with Gasteiger partial charge in [-0.05, 0) is 38.5 Å². The van der Waals surface area contributed by atoms with Crippen LogP contribution >= 0.6 is 0 Å². The second-order valence-electron chi connectivity index (χ2n) is 5.15. The first-order valence-corrected chi connectivity index (χ1v) is 6.72. The molecule has 0 spiro atoms. The van der Waals surface area contributed by atoms with E-state index in [-0.39, 0.29) is 11.4 Å². The summed E-state index contributed by atoms with van der Waals surface area (Å²) >= 11 is 0. The molecule has 0 bridgehead atoms. The third-order valence-electron chi connectivity index (χ3n) is 2.95. The standard InChI is InChI=1S/C15H25NO4/c1-6-20-15(2,3)10-16-9-11-7-12(18-4)14(17)13(8-11)19-5/h7-8,16-17H,6,9-10H2,1-5H3. The van der Waals surface area contributed by atoms with Gasteiger partial charge in [0.1, 0.15) is 0 Å². The molecule has 0 amide bonds. The maximum Gasteiger partial charge on any atom is 0.200 e. The summed E-state index contributed by atoms with van der Waals surface area (Å²) in [4.78, 5) is 0. The Morgan fingerprint density at radius 1 is 1.15 bits per heavy atom. The van der Waals surface area contributed by atoms with Crippen LogP contribution in [0.1, 0.15) is 26.3 Å². The van der Waals surface area contributed by atoms with E-state index >= 15 is 0 Å². The van der Waals surface area contributed by atoms with Crippen LogP contribution in [0.25, 0.3) is 0 Å². The van der Waals surface area contributed by atoms with Crippen molar-refractivity contribution in [2.24, 2.45) is 0 Å². The van der Waals surface area contributed by atoms with Gasteiger partial charge in [-0.2, -0.15) is 0 Å². The first-order chi connectivity index (χ1) is 9.43. The Bertz CT molecular complexity index is 407. The van der Waals surface area contributed by atoms with Crippen LogP contribution in [0.3, 0.4) is 0 Å². The molecule has 20 heavy (non-hydrogen) atoms. The average molecular weight is 283 g/mol. The topological polar surface area (TPSA) is 60.0 Å². The van der Waals surface area contributed by atoms with Crippen LogP contribution in [-0.4, -0.2) is 38.1 Å². The van der Waals surface area contributed by atoms with Gasteiger partial charge in [0.05, 0.1) is 19.8 Å². The SMILES string of the molecule is CCOC(C)(C)CNCc1cc(OC)c(O)c(OC)c1. The average Bonchev–Trinajstić information content (AvgIpc) is 2.40. The molecular formula is C15H25NO4. The van der Waals surface area contributed by atoms with Gasteiger partial charge in [0.15, 0.2) is 11.5 Å². The molecule has 5 heteroatoms. The van der Waals surface area contributed by atoms with Gasteiger partial charge in [0.2, 0.25) is 5.75 Å². The smallest absolute Gasteiger partial charge is 0.200 e. The van der Waals surface area contributed by atoms with Crippen molar-refractivity contribution in [3.63, 3.8) is 0 Å². The minimum atomic E-state index is -0.208. The number of hydrogen-bond donors (Lipinski definition) is 2. The summed E-state index contributed by atoms with van der Waals surface area (Å²) in [5.41, 5.74) is 0.767. The van der Waals surface area contributed by atoms with Crippen molar-refractivity contribution in [2.75, 3.05) is 27.4 Å². The molecule has 0 aliphatic rings.